The lowest BCUT2D eigenvalue weighted by Crippen LogP contribution is -2.65. The van der Waals surface area contributed by atoms with E-state index in [9.17, 15) is 46.0 Å². The van der Waals surface area contributed by atoms with Gasteiger partial charge < -0.3 is 83.9 Å². The van der Waals surface area contributed by atoms with Crippen molar-refractivity contribution in [2.24, 2.45) is 52.3 Å². The zero-order valence-electron chi connectivity index (χ0n) is 36.8. The van der Waals surface area contributed by atoms with Crippen LogP contribution in [0.5, 0.6) is 0 Å². The highest BCUT2D eigenvalue weighted by Crippen LogP contribution is 2.71. The van der Waals surface area contributed by atoms with Gasteiger partial charge in [-0.1, -0.05) is 27.7 Å². The van der Waals surface area contributed by atoms with E-state index in [2.05, 4.69) is 27.7 Å². The van der Waals surface area contributed by atoms with Crippen molar-refractivity contribution in [3.05, 3.63) is 0 Å². The van der Waals surface area contributed by atoms with Gasteiger partial charge in [-0.15, -0.1) is 0 Å². The second kappa shape index (κ2) is 17.4. The first-order valence-electron chi connectivity index (χ1n) is 23.7. The van der Waals surface area contributed by atoms with Crippen LogP contribution in [0.3, 0.4) is 0 Å². The fraction of sp³-hybridized carbons (Fsp3) is 1.00. The molecule has 356 valence electrons. The van der Waals surface area contributed by atoms with E-state index in [4.69, 9.17) is 37.9 Å². The van der Waals surface area contributed by atoms with Gasteiger partial charge >= 0.3 is 0 Å². The summed E-state index contributed by atoms with van der Waals surface area (Å²) < 4.78 is 49.4. The molecule has 9 aliphatic rings. The van der Waals surface area contributed by atoms with Crippen molar-refractivity contribution in [2.45, 2.75) is 209 Å². The topological polar surface area (TPSA) is 256 Å². The molecule has 0 amide bonds. The Bertz CT molecular complexity index is 1550. The first-order chi connectivity index (χ1) is 29.4. The van der Waals surface area contributed by atoms with Crippen molar-refractivity contribution in [3.63, 3.8) is 0 Å². The highest BCUT2D eigenvalue weighted by atomic mass is 16.8. The van der Waals surface area contributed by atoms with E-state index < -0.39 is 111 Å². The second-order valence-corrected chi connectivity index (χ2v) is 21.5. The van der Waals surface area contributed by atoms with Gasteiger partial charge in [0, 0.05) is 12.3 Å². The predicted molar refractivity (Wildman–Crippen MR) is 214 cm³/mol. The van der Waals surface area contributed by atoms with Gasteiger partial charge in [-0.25, -0.2) is 0 Å². The van der Waals surface area contributed by atoms with Crippen molar-refractivity contribution < 1.29 is 83.9 Å². The number of hydrogen-bond acceptors (Lipinski definition) is 17. The molecule has 5 heterocycles. The Hall–Kier alpha value is -0.680. The largest absolute Gasteiger partial charge is 0.394 e. The quantitative estimate of drug-likeness (QED) is 0.149. The highest BCUT2D eigenvalue weighted by molar-refractivity contribution is 5.15. The molecule has 4 aliphatic carbocycles. The molecular weight excluding hydrogens is 812 g/mol. The third-order valence-electron chi connectivity index (χ3n) is 18.2. The SMILES string of the molecule is C[C@H]1CC[C@@]2(OC1)O[C@H]1C[C@@H]3[C@@H]4CC[C@H]5C[C@H](O[C@@H]6O[C@H](CO[C@@H]7O[C@@H](C)[C@H](O)[C@@H](O)[C@H]7O)[C@H](O[C@@H]7O[C@H](CO)[C@@H](O)[C@H](O)[C@H]7O)[C@H](O)[C@H]6O)CC[C@]5(C)[C@H]4CC[C@]3(C)[C@H]1[C@@H]2C. The number of aliphatic hydroxyl groups excluding tert-OH is 9. The van der Waals surface area contributed by atoms with E-state index in [0.29, 0.717) is 41.4 Å². The third kappa shape index (κ3) is 7.66. The molecule has 5 saturated heterocycles. The summed E-state index contributed by atoms with van der Waals surface area (Å²) in [6.45, 7) is 10.8. The lowest BCUT2D eigenvalue weighted by molar-refractivity contribution is -0.371. The van der Waals surface area contributed by atoms with Crippen LogP contribution in [0.4, 0.5) is 0 Å². The molecule has 9 N–H and O–H groups in total. The zero-order valence-corrected chi connectivity index (χ0v) is 36.8. The monoisotopic (exact) mass is 886 g/mol. The molecule has 9 rings (SSSR count). The van der Waals surface area contributed by atoms with Gasteiger partial charge in [0.1, 0.15) is 67.1 Å². The molecule has 0 radical (unpaired) electrons. The molecule has 0 unspecified atom stereocenters. The maximum Gasteiger partial charge on any atom is 0.187 e. The summed E-state index contributed by atoms with van der Waals surface area (Å²) in [6, 6.07) is 0. The fourth-order valence-electron chi connectivity index (χ4n) is 14.5. The number of rotatable bonds is 8. The first kappa shape index (κ1) is 46.4. The molecule has 17 heteroatoms. The van der Waals surface area contributed by atoms with Crippen LogP contribution >= 0.6 is 0 Å². The zero-order chi connectivity index (χ0) is 44.2. The van der Waals surface area contributed by atoms with E-state index in [-0.39, 0.29) is 23.0 Å². The maximum absolute atomic E-state index is 11.6. The van der Waals surface area contributed by atoms with Crippen LogP contribution < -0.4 is 0 Å². The van der Waals surface area contributed by atoms with Crippen molar-refractivity contribution in [3.8, 4) is 0 Å². The Morgan fingerprint density at radius 2 is 1.29 bits per heavy atom. The summed E-state index contributed by atoms with van der Waals surface area (Å²) in [6.07, 6.45) is -12.3. The molecule has 27 atom stereocenters. The molecule has 5 aliphatic heterocycles. The van der Waals surface area contributed by atoms with Crippen LogP contribution in [-0.2, 0) is 37.9 Å². The summed E-state index contributed by atoms with van der Waals surface area (Å²) in [5.74, 6) is 3.27. The van der Waals surface area contributed by atoms with Crippen LogP contribution in [-0.4, -0.2) is 176 Å². The van der Waals surface area contributed by atoms with Crippen molar-refractivity contribution >= 4 is 0 Å². The molecule has 0 aromatic heterocycles. The molecule has 4 saturated carbocycles. The Morgan fingerprint density at radius 1 is 0.613 bits per heavy atom. The van der Waals surface area contributed by atoms with Gasteiger partial charge in [-0.05, 0) is 111 Å². The number of aliphatic hydroxyl groups is 9. The van der Waals surface area contributed by atoms with Gasteiger partial charge in [-0.2, -0.15) is 0 Å². The standard InChI is InChI=1S/C45H74O17/c1-19-8-13-45(56-17-19)20(2)30-27(62-45)15-26-24-7-6-22-14-23(9-11-43(22,4)25(24)10-12-44(26,30)5)58-41-38(54)35(51)39(61-42-37(53)34(50)32(48)28(16-46)59-42)29(60-41)18-55-40-36(52)33(49)31(47)21(3)57-40/h19-42,46-54H,6-18H2,1-5H3/t19-,20-,21-,22-,23+,24+,25-,26+,27-,28+,29+,30-,31-,32+,33+,34-,35+,36+,37+,38+,39-,40+,41+,42-,43-,44-,45+/m0/s1. The number of hydrogen-bond donors (Lipinski definition) is 9. The molecule has 0 aromatic carbocycles. The fourth-order valence-corrected chi connectivity index (χ4v) is 14.5. The van der Waals surface area contributed by atoms with E-state index in [1.807, 2.05) is 0 Å². The summed E-state index contributed by atoms with van der Waals surface area (Å²) in [5.41, 5.74) is 0.353. The molecular formula is C45H74O17. The minimum absolute atomic E-state index is 0.125. The first-order valence-corrected chi connectivity index (χ1v) is 23.7. The van der Waals surface area contributed by atoms with E-state index in [1.165, 1.54) is 19.8 Å². The number of fused-ring (bicyclic) bond motifs is 7. The average molecular weight is 887 g/mol. The summed E-state index contributed by atoms with van der Waals surface area (Å²) in [4.78, 5) is 0. The van der Waals surface area contributed by atoms with Crippen LogP contribution in [0.2, 0.25) is 0 Å². The average Bonchev–Trinajstić information content (AvgIpc) is 3.70. The van der Waals surface area contributed by atoms with E-state index in [1.54, 1.807) is 0 Å². The Morgan fingerprint density at radius 3 is 2.02 bits per heavy atom. The summed E-state index contributed by atoms with van der Waals surface area (Å²) >= 11 is 0. The molecule has 9 fully saturated rings. The highest BCUT2D eigenvalue weighted by Gasteiger charge is 2.69. The predicted octanol–water partition coefficient (Wildman–Crippen LogP) is 0.294. The van der Waals surface area contributed by atoms with Gasteiger partial charge in [0.15, 0.2) is 24.7 Å². The lowest BCUT2D eigenvalue weighted by atomic mass is 9.44. The van der Waals surface area contributed by atoms with Gasteiger partial charge in [0.2, 0.25) is 0 Å². The molecule has 17 nitrogen and oxygen atoms in total. The molecule has 0 aromatic rings. The minimum Gasteiger partial charge on any atom is -0.394 e. The Kier molecular flexibility index (Phi) is 13.1. The van der Waals surface area contributed by atoms with E-state index >= 15 is 0 Å². The van der Waals surface area contributed by atoms with Gasteiger partial charge in [-0.3, -0.25) is 0 Å². The Balaban J connectivity index is 0.866. The number of ether oxygens (including phenoxy) is 8. The minimum atomic E-state index is -1.81. The smallest absolute Gasteiger partial charge is 0.187 e. The van der Waals surface area contributed by atoms with Gasteiger partial charge in [0.25, 0.3) is 0 Å². The van der Waals surface area contributed by atoms with Crippen LogP contribution in [0.25, 0.3) is 0 Å². The third-order valence-corrected chi connectivity index (χ3v) is 18.2. The lowest BCUT2D eigenvalue weighted by Gasteiger charge is -2.61. The second-order valence-electron chi connectivity index (χ2n) is 21.5. The molecule has 0 bridgehead atoms. The van der Waals surface area contributed by atoms with Crippen LogP contribution in [0, 0.1) is 52.3 Å². The Labute approximate surface area is 364 Å². The maximum atomic E-state index is 11.6. The normalized spacial score (nSPS) is 58.9. The summed E-state index contributed by atoms with van der Waals surface area (Å²) in [5, 5.41) is 95.7. The van der Waals surface area contributed by atoms with Crippen molar-refractivity contribution in [2.75, 3.05) is 19.8 Å². The molecule has 62 heavy (non-hydrogen) atoms. The van der Waals surface area contributed by atoms with Crippen LogP contribution in [0.15, 0.2) is 0 Å². The molecule has 1 spiro atoms. The van der Waals surface area contributed by atoms with Crippen LogP contribution in [0.1, 0.15) is 98.8 Å². The van der Waals surface area contributed by atoms with Crippen molar-refractivity contribution in [1.82, 2.24) is 0 Å². The summed E-state index contributed by atoms with van der Waals surface area (Å²) in [7, 11) is 0. The van der Waals surface area contributed by atoms with Gasteiger partial charge in [0.05, 0.1) is 38.1 Å². The van der Waals surface area contributed by atoms with Crippen molar-refractivity contribution in [1.29, 1.82) is 0 Å². The van der Waals surface area contributed by atoms with E-state index in [0.717, 1.165) is 58.0 Å².